The van der Waals surface area contributed by atoms with Crippen molar-refractivity contribution in [1.82, 2.24) is 10.3 Å². The van der Waals surface area contributed by atoms with Gasteiger partial charge in [0.15, 0.2) is 0 Å². The molecule has 2 aromatic heterocycles. The minimum atomic E-state index is 0.453. The third-order valence-corrected chi connectivity index (χ3v) is 3.96. The summed E-state index contributed by atoms with van der Waals surface area (Å²) >= 11 is 8.05. The summed E-state index contributed by atoms with van der Waals surface area (Å²) in [6.07, 6.45) is 1.89. The molecule has 0 spiro atoms. The second-order valence-corrected chi connectivity index (χ2v) is 6.36. The van der Waals surface area contributed by atoms with Gasteiger partial charge in [0.05, 0.1) is 5.02 Å². The van der Waals surface area contributed by atoms with E-state index in [0.29, 0.717) is 11.1 Å². The lowest BCUT2D eigenvalue weighted by Crippen LogP contribution is -2.22. The fourth-order valence-corrected chi connectivity index (χ4v) is 2.89. The summed E-state index contributed by atoms with van der Waals surface area (Å²) in [6, 6.07) is 4.56. The summed E-state index contributed by atoms with van der Waals surface area (Å²) in [5.74, 6) is 0.825. The molecule has 1 N–H and O–H groups in total. The Morgan fingerprint density at radius 2 is 2.20 bits per heavy atom. The molecule has 0 amide bonds. The molecule has 2 rings (SSSR count). The second kappa shape index (κ2) is 7.07. The van der Waals surface area contributed by atoms with Crippen molar-refractivity contribution >= 4 is 28.8 Å². The van der Waals surface area contributed by atoms with Crippen LogP contribution in [0.1, 0.15) is 25.0 Å². The van der Waals surface area contributed by atoms with Gasteiger partial charge in [0, 0.05) is 32.4 Å². The highest BCUT2D eigenvalue weighted by Gasteiger charge is 2.10. The lowest BCUT2D eigenvalue weighted by molar-refractivity contribution is 0.588. The van der Waals surface area contributed by atoms with Gasteiger partial charge in [-0.1, -0.05) is 25.4 Å². The molecule has 0 saturated heterocycles. The molecule has 2 aromatic rings. The van der Waals surface area contributed by atoms with Gasteiger partial charge in [-0.3, -0.25) is 0 Å². The lowest BCUT2D eigenvalue weighted by Gasteiger charge is -2.19. The van der Waals surface area contributed by atoms with Crippen molar-refractivity contribution in [3.63, 3.8) is 0 Å². The molecule has 0 saturated carbocycles. The topological polar surface area (TPSA) is 28.2 Å². The predicted molar refractivity (Wildman–Crippen MR) is 87.6 cm³/mol. The summed E-state index contributed by atoms with van der Waals surface area (Å²) in [5.41, 5.74) is 2.39. The minimum absolute atomic E-state index is 0.453. The third kappa shape index (κ3) is 4.20. The number of rotatable bonds is 6. The highest BCUT2D eigenvalue weighted by molar-refractivity contribution is 7.07. The molecule has 0 fully saturated rings. The van der Waals surface area contributed by atoms with Gasteiger partial charge in [-0.05, 0) is 34.0 Å². The maximum atomic E-state index is 6.35. The van der Waals surface area contributed by atoms with Crippen molar-refractivity contribution in [2.45, 2.75) is 33.0 Å². The van der Waals surface area contributed by atoms with Crippen LogP contribution < -0.4 is 10.2 Å². The first kappa shape index (κ1) is 15.3. The molecule has 0 aliphatic carbocycles. The molecule has 0 aliphatic rings. The Morgan fingerprint density at radius 1 is 1.40 bits per heavy atom. The summed E-state index contributed by atoms with van der Waals surface area (Å²) in [6.45, 7) is 5.86. The van der Waals surface area contributed by atoms with Crippen molar-refractivity contribution in [2.75, 3.05) is 11.9 Å². The zero-order valence-electron chi connectivity index (χ0n) is 12.1. The van der Waals surface area contributed by atoms with Crippen LogP contribution in [0.5, 0.6) is 0 Å². The van der Waals surface area contributed by atoms with Gasteiger partial charge in [0.1, 0.15) is 5.82 Å². The zero-order valence-corrected chi connectivity index (χ0v) is 13.6. The number of thiophene rings is 1. The van der Waals surface area contributed by atoms with Crippen LogP contribution in [-0.4, -0.2) is 18.1 Å². The molecule has 0 atom stereocenters. The maximum Gasteiger partial charge on any atom is 0.147 e. The van der Waals surface area contributed by atoms with E-state index in [2.05, 4.69) is 45.9 Å². The molecule has 2 heterocycles. The minimum Gasteiger partial charge on any atom is -0.354 e. The number of aromatic nitrogens is 1. The van der Waals surface area contributed by atoms with Crippen molar-refractivity contribution in [2.24, 2.45) is 0 Å². The Hall–Kier alpha value is -1.10. The normalized spacial score (nSPS) is 11.1. The van der Waals surface area contributed by atoms with Crippen molar-refractivity contribution in [1.29, 1.82) is 0 Å². The van der Waals surface area contributed by atoms with Crippen LogP contribution in [0.15, 0.2) is 29.1 Å². The van der Waals surface area contributed by atoms with Gasteiger partial charge in [0.2, 0.25) is 0 Å². The van der Waals surface area contributed by atoms with Gasteiger partial charge in [-0.15, -0.1) is 0 Å². The fraction of sp³-hybridized carbons (Fsp3) is 0.400. The summed E-state index contributed by atoms with van der Waals surface area (Å²) in [4.78, 5) is 6.57. The summed E-state index contributed by atoms with van der Waals surface area (Å²) in [5, 5.41) is 8.29. The monoisotopic (exact) mass is 309 g/mol. The van der Waals surface area contributed by atoms with Crippen LogP contribution in [0.4, 0.5) is 5.82 Å². The largest absolute Gasteiger partial charge is 0.354 e. The van der Waals surface area contributed by atoms with Crippen LogP contribution in [0, 0.1) is 0 Å². The zero-order chi connectivity index (χ0) is 14.5. The van der Waals surface area contributed by atoms with Gasteiger partial charge in [-0.25, -0.2) is 4.98 Å². The smallest absolute Gasteiger partial charge is 0.147 e. The molecule has 5 heteroatoms. The Bertz CT molecular complexity index is 540. The molecular weight excluding hydrogens is 290 g/mol. The Labute approximate surface area is 129 Å². The summed E-state index contributed by atoms with van der Waals surface area (Å²) < 4.78 is 0. The van der Waals surface area contributed by atoms with Crippen LogP contribution in [0.2, 0.25) is 5.02 Å². The number of hydrogen-bond acceptors (Lipinski definition) is 4. The Morgan fingerprint density at radius 3 is 2.80 bits per heavy atom. The van der Waals surface area contributed by atoms with Crippen LogP contribution in [-0.2, 0) is 13.1 Å². The van der Waals surface area contributed by atoms with Crippen molar-refractivity contribution in [3.8, 4) is 0 Å². The van der Waals surface area contributed by atoms with Crippen LogP contribution in [0.25, 0.3) is 0 Å². The van der Waals surface area contributed by atoms with Crippen molar-refractivity contribution < 1.29 is 0 Å². The quantitative estimate of drug-likeness (QED) is 0.876. The predicted octanol–water partition coefficient (Wildman–Crippen LogP) is 3.93. The fourth-order valence-electron chi connectivity index (χ4n) is 1.90. The highest BCUT2D eigenvalue weighted by Crippen LogP contribution is 2.24. The standard InChI is InChI=1S/C15H20ClN3S/c1-11(2)17-7-13-6-14(16)15(18-8-13)19(3)9-12-4-5-20-10-12/h4-6,8,10-11,17H,7,9H2,1-3H3. The number of pyridine rings is 1. The average molecular weight is 310 g/mol. The molecule has 20 heavy (non-hydrogen) atoms. The van der Waals surface area contributed by atoms with Crippen molar-refractivity contribution in [3.05, 3.63) is 45.2 Å². The number of anilines is 1. The van der Waals surface area contributed by atoms with E-state index in [4.69, 9.17) is 11.6 Å². The van der Waals surface area contributed by atoms with Gasteiger partial charge < -0.3 is 10.2 Å². The van der Waals surface area contributed by atoms with E-state index in [0.717, 1.165) is 24.5 Å². The molecule has 0 unspecified atom stereocenters. The van der Waals surface area contributed by atoms with E-state index < -0.39 is 0 Å². The van der Waals surface area contributed by atoms with Gasteiger partial charge in [-0.2, -0.15) is 11.3 Å². The van der Waals surface area contributed by atoms with Crippen LogP contribution >= 0.6 is 22.9 Å². The Kier molecular flexibility index (Phi) is 5.40. The molecule has 0 aromatic carbocycles. The molecule has 0 radical (unpaired) electrons. The Balaban J connectivity index is 2.05. The lowest BCUT2D eigenvalue weighted by atomic mass is 10.2. The first-order chi connectivity index (χ1) is 9.56. The first-order valence-corrected chi connectivity index (χ1v) is 7.98. The number of nitrogens with one attached hydrogen (secondary N) is 1. The van der Waals surface area contributed by atoms with E-state index in [1.54, 1.807) is 11.3 Å². The molecule has 3 nitrogen and oxygen atoms in total. The van der Waals surface area contributed by atoms with Gasteiger partial charge in [0.25, 0.3) is 0 Å². The van der Waals surface area contributed by atoms with Crippen LogP contribution in [0.3, 0.4) is 0 Å². The maximum absolute atomic E-state index is 6.35. The number of nitrogens with zero attached hydrogens (tertiary/aromatic N) is 2. The molecule has 108 valence electrons. The highest BCUT2D eigenvalue weighted by atomic mass is 35.5. The van der Waals surface area contributed by atoms with E-state index in [1.807, 2.05) is 19.3 Å². The third-order valence-electron chi connectivity index (χ3n) is 2.95. The average Bonchev–Trinajstić information content (AvgIpc) is 2.89. The molecule has 0 aliphatic heterocycles. The number of halogens is 1. The molecular formula is C15H20ClN3S. The SMILES string of the molecule is CC(C)NCc1cnc(N(C)Cc2ccsc2)c(Cl)c1. The van der Waals surface area contributed by atoms with Gasteiger partial charge >= 0.3 is 0 Å². The number of hydrogen-bond donors (Lipinski definition) is 1. The molecule has 0 bridgehead atoms. The summed E-state index contributed by atoms with van der Waals surface area (Å²) in [7, 11) is 2.01. The van der Waals surface area contributed by atoms with E-state index in [-0.39, 0.29) is 0 Å². The van der Waals surface area contributed by atoms with E-state index in [1.165, 1.54) is 5.56 Å². The van der Waals surface area contributed by atoms with E-state index >= 15 is 0 Å². The second-order valence-electron chi connectivity index (χ2n) is 5.17. The first-order valence-electron chi connectivity index (χ1n) is 6.66. The van der Waals surface area contributed by atoms with E-state index in [9.17, 15) is 0 Å².